The van der Waals surface area contributed by atoms with Gasteiger partial charge in [0.15, 0.2) is 5.13 Å². The fraction of sp³-hybridized carbons (Fsp3) is 0.0732. The van der Waals surface area contributed by atoms with Gasteiger partial charge in [0, 0.05) is 51.9 Å². The number of nitrogens with one attached hydrogen (secondary N) is 3. The Kier molecular flexibility index (Phi) is 11.8. The molecule has 0 saturated heterocycles. The van der Waals surface area contributed by atoms with Crippen LogP contribution in [-0.4, -0.2) is 36.8 Å². The number of benzene rings is 5. The molecule has 6 aromatic rings. The molecule has 11 heteroatoms. The summed E-state index contributed by atoms with van der Waals surface area (Å²) >= 11 is 8.77. The fourth-order valence-corrected chi connectivity index (χ4v) is 6.96. The van der Waals surface area contributed by atoms with E-state index in [1.165, 1.54) is 23.1 Å². The highest BCUT2D eigenvalue weighted by Crippen LogP contribution is 2.37. The second-order valence-corrected chi connectivity index (χ2v) is 14.3. The molecule has 0 bridgehead atoms. The van der Waals surface area contributed by atoms with Crippen LogP contribution in [0.1, 0.15) is 26.7 Å². The molecule has 1 atom stereocenters. The van der Waals surface area contributed by atoms with Gasteiger partial charge in [-0.3, -0.25) is 14.4 Å². The normalized spacial score (nSPS) is 11.7. The fourth-order valence-electron chi connectivity index (χ4n) is 5.09. The molecule has 8 nitrogen and oxygen atoms in total. The van der Waals surface area contributed by atoms with Crippen molar-refractivity contribution in [2.45, 2.75) is 10.1 Å². The van der Waals surface area contributed by atoms with E-state index < -0.39 is 17.1 Å². The predicted molar refractivity (Wildman–Crippen MR) is 214 cm³/mol. The first-order valence-electron chi connectivity index (χ1n) is 16.2. The SMILES string of the molecule is CN(C)c1ccc(/C=C(\NC(=O)c2ccccc2)C(=O)Nc2ccc(SC(C(=O)Nc3nc(-c4ccc(Cl)cc4)cs3)c3ccccc3)cc2)cc1. The van der Waals surface area contributed by atoms with Gasteiger partial charge in [-0.2, -0.15) is 0 Å². The van der Waals surface area contributed by atoms with E-state index in [0.717, 1.165) is 33.0 Å². The molecule has 0 fully saturated rings. The zero-order valence-electron chi connectivity index (χ0n) is 28.2. The van der Waals surface area contributed by atoms with Crippen LogP contribution in [0.25, 0.3) is 17.3 Å². The van der Waals surface area contributed by atoms with Gasteiger partial charge >= 0.3 is 0 Å². The number of hydrogen-bond acceptors (Lipinski definition) is 7. The lowest BCUT2D eigenvalue weighted by Crippen LogP contribution is -2.30. The maximum atomic E-state index is 13.7. The van der Waals surface area contributed by atoms with Gasteiger partial charge in [0.05, 0.1) is 5.69 Å². The number of carbonyl (C=O) groups excluding carboxylic acids is 3. The first kappa shape index (κ1) is 36.1. The molecule has 6 rings (SSSR count). The van der Waals surface area contributed by atoms with Gasteiger partial charge in [-0.1, -0.05) is 84.4 Å². The van der Waals surface area contributed by atoms with Crippen LogP contribution < -0.4 is 20.9 Å². The highest BCUT2D eigenvalue weighted by molar-refractivity contribution is 8.00. The van der Waals surface area contributed by atoms with E-state index in [4.69, 9.17) is 11.6 Å². The van der Waals surface area contributed by atoms with Crippen molar-refractivity contribution in [3.8, 4) is 11.3 Å². The van der Waals surface area contributed by atoms with Crippen LogP contribution in [0, 0.1) is 0 Å². The molecule has 1 heterocycles. The van der Waals surface area contributed by atoms with E-state index in [9.17, 15) is 14.4 Å². The van der Waals surface area contributed by atoms with Crippen LogP contribution in [0.15, 0.2) is 149 Å². The number of hydrogen-bond donors (Lipinski definition) is 3. The Morgan fingerprint density at radius 2 is 1.44 bits per heavy atom. The van der Waals surface area contributed by atoms with Gasteiger partial charge in [0.25, 0.3) is 11.8 Å². The van der Waals surface area contributed by atoms with Crippen LogP contribution in [0.5, 0.6) is 0 Å². The smallest absolute Gasteiger partial charge is 0.272 e. The minimum atomic E-state index is -0.578. The van der Waals surface area contributed by atoms with E-state index in [1.54, 1.807) is 54.6 Å². The zero-order valence-corrected chi connectivity index (χ0v) is 30.6. The maximum Gasteiger partial charge on any atom is 0.272 e. The maximum absolute atomic E-state index is 13.7. The molecule has 0 saturated carbocycles. The first-order valence-corrected chi connectivity index (χ1v) is 18.4. The largest absolute Gasteiger partial charge is 0.378 e. The molecule has 1 aromatic heterocycles. The van der Waals surface area contributed by atoms with Crippen molar-refractivity contribution < 1.29 is 14.4 Å². The minimum Gasteiger partial charge on any atom is -0.378 e. The molecule has 3 amide bonds. The van der Waals surface area contributed by atoms with Crippen molar-refractivity contribution >= 4 is 75.0 Å². The van der Waals surface area contributed by atoms with Gasteiger partial charge < -0.3 is 20.9 Å². The average molecular weight is 744 g/mol. The molecule has 3 N–H and O–H groups in total. The Bertz CT molecular complexity index is 2170. The van der Waals surface area contributed by atoms with Crippen molar-refractivity contribution in [2.75, 3.05) is 29.6 Å². The third kappa shape index (κ3) is 9.55. The summed E-state index contributed by atoms with van der Waals surface area (Å²) in [5.41, 5.74) is 5.29. The van der Waals surface area contributed by atoms with Crippen LogP contribution in [-0.2, 0) is 9.59 Å². The molecule has 260 valence electrons. The number of carbonyl (C=O) groups is 3. The summed E-state index contributed by atoms with van der Waals surface area (Å²) in [7, 11) is 3.90. The van der Waals surface area contributed by atoms with E-state index in [0.29, 0.717) is 21.4 Å². The van der Waals surface area contributed by atoms with Crippen LogP contribution in [0.4, 0.5) is 16.5 Å². The second-order valence-electron chi connectivity index (χ2n) is 11.8. The summed E-state index contributed by atoms with van der Waals surface area (Å²) in [4.78, 5) is 47.8. The highest BCUT2D eigenvalue weighted by atomic mass is 35.5. The molecule has 0 radical (unpaired) electrons. The topological polar surface area (TPSA) is 103 Å². The summed E-state index contributed by atoms with van der Waals surface area (Å²) in [5, 5.41) is 11.1. The molecule has 52 heavy (non-hydrogen) atoms. The van der Waals surface area contributed by atoms with Gasteiger partial charge in [0.1, 0.15) is 10.9 Å². The summed E-state index contributed by atoms with van der Waals surface area (Å²) in [5.74, 6) is -1.10. The quantitative estimate of drug-likeness (QED) is 0.0853. The number of thioether (sulfide) groups is 1. The van der Waals surface area contributed by atoms with Crippen molar-refractivity contribution in [2.24, 2.45) is 0 Å². The average Bonchev–Trinajstić information content (AvgIpc) is 3.63. The summed E-state index contributed by atoms with van der Waals surface area (Å²) in [6.45, 7) is 0. The van der Waals surface area contributed by atoms with E-state index in [-0.39, 0.29) is 11.6 Å². The van der Waals surface area contributed by atoms with Crippen molar-refractivity contribution in [3.05, 3.63) is 166 Å². The van der Waals surface area contributed by atoms with Crippen LogP contribution >= 0.6 is 34.7 Å². The summed E-state index contributed by atoms with van der Waals surface area (Å²) in [6.07, 6.45) is 1.64. The molecule has 1 unspecified atom stereocenters. The monoisotopic (exact) mass is 743 g/mol. The van der Waals surface area contributed by atoms with Gasteiger partial charge in [-0.25, -0.2) is 4.98 Å². The summed E-state index contributed by atoms with van der Waals surface area (Å²) in [6, 6.07) is 40.5. The number of anilines is 3. The van der Waals surface area contributed by atoms with Crippen molar-refractivity contribution in [3.63, 3.8) is 0 Å². The summed E-state index contributed by atoms with van der Waals surface area (Å²) < 4.78 is 0. The number of rotatable bonds is 12. The highest BCUT2D eigenvalue weighted by Gasteiger charge is 2.24. The number of thiazole rings is 1. The van der Waals surface area contributed by atoms with Crippen molar-refractivity contribution in [1.29, 1.82) is 0 Å². The molecule has 0 aliphatic heterocycles. The van der Waals surface area contributed by atoms with E-state index in [2.05, 4.69) is 20.9 Å². The lowest BCUT2D eigenvalue weighted by molar-refractivity contribution is -0.116. The molecular formula is C41H34ClN5O3S2. The Labute approximate surface area is 315 Å². The zero-order chi connectivity index (χ0) is 36.5. The van der Waals surface area contributed by atoms with Crippen molar-refractivity contribution in [1.82, 2.24) is 10.3 Å². The Morgan fingerprint density at radius 3 is 2.10 bits per heavy atom. The Hall–Kier alpha value is -5.68. The second kappa shape index (κ2) is 17.0. The Morgan fingerprint density at radius 1 is 0.788 bits per heavy atom. The number of aromatic nitrogens is 1. The Balaban J connectivity index is 1.17. The van der Waals surface area contributed by atoms with Crippen LogP contribution in [0.2, 0.25) is 5.02 Å². The third-order valence-electron chi connectivity index (χ3n) is 7.83. The number of halogens is 1. The first-order chi connectivity index (χ1) is 25.2. The number of amides is 3. The van der Waals surface area contributed by atoms with Crippen LogP contribution in [0.3, 0.4) is 0 Å². The van der Waals surface area contributed by atoms with Gasteiger partial charge in [-0.15, -0.1) is 23.1 Å². The lowest BCUT2D eigenvalue weighted by atomic mass is 10.1. The van der Waals surface area contributed by atoms with Gasteiger partial charge in [0.2, 0.25) is 5.91 Å². The lowest BCUT2D eigenvalue weighted by Gasteiger charge is -2.17. The van der Waals surface area contributed by atoms with E-state index >= 15 is 0 Å². The van der Waals surface area contributed by atoms with E-state index in [1.807, 2.05) is 109 Å². The minimum absolute atomic E-state index is 0.0899. The van der Waals surface area contributed by atoms with Gasteiger partial charge in [-0.05, 0) is 77.9 Å². The third-order valence-corrected chi connectivity index (χ3v) is 10.1. The molecule has 5 aromatic carbocycles. The predicted octanol–water partition coefficient (Wildman–Crippen LogP) is 9.41. The molecule has 0 spiro atoms. The molecule has 0 aliphatic rings. The standard InChI is InChI=1S/C41H34ClN5O3S2/c1-47(2)33-21-13-27(14-22-33)25-35(44-38(48)30-11-7-4-8-12-30)39(49)43-32-19-23-34(24-20-32)52-37(29-9-5-3-6-10-29)40(50)46-41-45-36(26-51-41)28-15-17-31(42)18-16-28/h3-26,37H,1-2H3,(H,43,49)(H,44,48)(H,45,46,50)/b35-25-. The molecule has 0 aliphatic carbocycles. The number of nitrogens with zero attached hydrogens (tertiary/aromatic N) is 2. The molecular weight excluding hydrogens is 710 g/mol.